The second-order valence-electron chi connectivity index (χ2n) is 3.58. The molecule has 0 N–H and O–H groups in total. The van der Waals surface area contributed by atoms with E-state index in [2.05, 4.69) is 9.72 Å². The van der Waals surface area contributed by atoms with Crippen molar-refractivity contribution in [2.45, 2.75) is 32.1 Å². The Morgan fingerprint density at radius 2 is 2.29 bits per heavy atom. The average molecular weight is 195 g/mol. The molecule has 14 heavy (non-hydrogen) atoms. The van der Waals surface area contributed by atoms with Crippen LogP contribution in [0.4, 0.5) is 0 Å². The van der Waals surface area contributed by atoms with E-state index in [-0.39, 0.29) is 0 Å². The van der Waals surface area contributed by atoms with Crippen LogP contribution in [0.5, 0.6) is 0 Å². The molecule has 1 fully saturated rings. The third-order valence-corrected chi connectivity index (χ3v) is 2.65. The Bertz CT molecular complexity index is 352. The van der Waals surface area contributed by atoms with Crippen LogP contribution in [0.1, 0.15) is 47.3 Å². The molecule has 0 radical (unpaired) electrons. The number of aromatic nitrogens is 1. The van der Waals surface area contributed by atoms with E-state index >= 15 is 0 Å². The van der Waals surface area contributed by atoms with Gasteiger partial charge in [0.25, 0.3) is 0 Å². The molecular weight excluding hydrogens is 182 g/mol. The van der Waals surface area contributed by atoms with Crippen molar-refractivity contribution in [1.82, 2.24) is 4.98 Å². The topological polar surface area (TPSA) is 52.3 Å². The van der Waals surface area contributed by atoms with Gasteiger partial charge in [-0.25, -0.2) is 9.78 Å². The molecule has 0 bridgehead atoms. The van der Waals surface area contributed by atoms with Crippen LogP contribution in [-0.4, -0.2) is 18.1 Å². The van der Waals surface area contributed by atoms with Gasteiger partial charge in [0, 0.05) is 5.92 Å². The van der Waals surface area contributed by atoms with Crippen LogP contribution < -0.4 is 0 Å². The van der Waals surface area contributed by atoms with Gasteiger partial charge >= 0.3 is 5.97 Å². The smallest absolute Gasteiger partial charge is 0.360 e. The first kappa shape index (κ1) is 9.24. The van der Waals surface area contributed by atoms with Gasteiger partial charge in [0.15, 0.2) is 11.6 Å². The van der Waals surface area contributed by atoms with Gasteiger partial charge in [-0.15, -0.1) is 0 Å². The summed E-state index contributed by atoms with van der Waals surface area (Å²) in [5.41, 5.74) is 0.314. The molecule has 1 aromatic heterocycles. The molecule has 0 spiro atoms. The lowest BCUT2D eigenvalue weighted by Crippen LogP contribution is -2.10. The molecule has 4 heteroatoms. The minimum absolute atomic E-state index is 0.314. The summed E-state index contributed by atoms with van der Waals surface area (Å²) in [6, 6.07) is 0. The summed E-state index contributed by atoms with van der Waals surface area (Å²) >= 11 is 0. The maximum atomic E-state index is 11.2. The number of esters is 1. The van der Waals surface area contributed by atoms with Crippen LogP contribution in [-0.2, 0) is 4.74 Å². The molecule has 4 nitrogen and oxygen atoms in total. The highest BCUT2D eigenvalue weighted by atomic mass is 16.5. The Hall–Kier alpha value is -1.32. The Balaban J connectivity index is 2.24. The minimum atomic E-state index is -0.420. The lowest BCUT2D eigenvalue weighted by molar-refractivity contribution is 0.0593. The standard InChI is InChI=1S/C10H13NO3/c1-6-8(10(12)13-2)11-9(14-6)7-4-3-5-7/h7H,3-5H2,1-2H3. The van der Waals surface area contributed by atoms with Gasteiger partial charge in [0.05, 0.1) is 7.11 Å². The highest BCUT2D eigenvalue weighted by Gasteiger charge is 2.27. The molecular formula is C10H13NO3. The molecule has 1 aliphatic carbocycles. The summed E-state index contributed by atoms with van der Waals surface area (Å²) in [5, 5.41) is 0. The maximum absolute atomic E-state index is 11.2. The first-order valence-electron chi connectivity index (χ1n) is 4.78. The van der Waals surface area contributed by atoms with Gasteiger partial charge < -0.3 is 9.15 Å². The number of oxazole rings is 1. The van der Waals surface area contributed by atoms with Crippen LogP contribution in [0.25, 0.3) is 0 Å². The fraction of sp³-hybridized carbons (Fsp3) is 0.600. The predicted molar refractivity (Wildman–Crippen MR) is 49.2 cm³/mol. The molecule has 0 aliphatic heterocycles. The second-order valence-corrected chi connectivity index (χ2v) is 3.58. The molecule has 1 heterocycles. The predicted octanol–water partition coefficient (Wildman–Crippen LogP) is 2.04. The number of ether oxygens (including phenoxy) is 1. The molecule has 76 valence electrons. The number of nitrogens with zero attached hydrogens (tertiary/aromatic N) is 1. The molecule has 1 aliphatic rings. The Morgan fingerprint density at radius 3 is 2.79 bits per heavy atom. The van der Waals surface area contributed by atoms with Crippen LogP contribution in [0, 0.1) is 6.92 Å². The highest BCUT2D eigenvalue weighted by molar-refractivity contribution is 5.88. The van der Waals surface area contributed by atoms with E-state index in [0.717, 1.165) is 12.8 Å². The number of hydrogen-bond acceptors (Lipinski definition) is 4. The van der Waals surface area contributed by atoms with Crippen LogP contribution >= 0.6 is 0 Å². The zero-order valence-electron chi connectivity index (χ0n) is 8.37. The van der Waals surface area contributed by atoms with Crippen molar-refractivity contribution in [3.63, 3.8) is 0 Å². The highest BCUT2D eigenvalue weighted by Crippen LogP contribution is 2.36. The molecule has 0 unspecified atom stereocenters. The van der Waals surface area contributed by atoms with Crippen molar-refractivity contribution in [2.75, 3.05) is 7.11 Å². The Labute approximate surface area is 82.3 Å². The monoisotopic (exact) mass is 195 g/mol. The van der Waals surface area contributed by atoms with Crippen LogP contribution in [0.15, 0.2) is 4.42 Å². The molecule has 0 saturated heterocycles. The largest absolute Gasteiger partial charge is 0.464 e. The summed E-state index contributed by atoms with van der Waals surface area (Å²) in [4.78, 5) is 15.4. The number of carbonyl (C=O) groups excluding carboxylic acids is 1. The van der Waals surface area contributed by atoms with E-state index in [4.69, 9.17) is 4.42 Å². The second kappa shape index (κ2) is 3.44. The van der Waals surface area contributed by atoms with Crippen molar-refractivity contribution in [3.8, 4) is 0 Å². The molecule has 0 amide bonds. The number of hydrogen-bond donors (Lipinski definition) is 0. The summed E-state index contributed by atoms with van der Waals surface area (Å²) in [5.74, 6) is 1.23. The Kier molecular flexibility index (Phi) is 2.27. The zero-order valence-corrected chi connectivity index (χ0v) is 8.37. The fourth-order valence-corrected chi connectivity index (χ4v) is 1.53. The van der Waals surface area contributed by atoms with E-state index in [1.165, 1.54) is 13.5 Å². The van der Waals surface area contributed by atoms with Gasteiger partial charge in [-0.3, -0.25) is 0 Å². The average Bonchev–Trinajstić information content (AvgIpc) is 2.43. The van der Waals surface area contributed by atoms with Crippen molar-refractivity contribution >= 4 is 5.97 Å². The van der Waals surface area contributed by atoms with Gasteiger partial charge in [0.1, 0.15) is 5.76 Å². The third kappa shape index (κ3) is 1.41. The first-order chi connectivity index (χ1) is 6.72. The summed E-state index contributed by atoms with van der Waals surface area (Å²) in [7, 11) is 1.35. The fourth-order valence-electron chi connectivity index (χ4n) is 1.53. The SMILES string of the molecule is COC(=O)c1nc(C2CCC2)oc1C. The van der Waals surface area contributed by atoms with Gasteiger partial charge in [-0.05, 0) is 19.8 Å². The van der Waals surface area contributed by atoms with Gasteiger partial charge in [-0.1, -0.05) is 6.42 Å². The molecule has 0 atom stereocenters. The summed E-state index contributed by atoms with van der Waals surface area (Å²) < 4.78 is 10.0. The maximum Gasteiger partial charge on any atom is 0.360 e. The van der Waals surface area contributed by atoms with E-state index < -0.39 is 5.97 Å². The number of carbonyl (C=O) groups is 1. The van der Waals surface area contributed by atoms with E-state index in [9.17, 15) is 4.79 Å². The summed E-state index contributed by atoms with van der Waals surface area (Å²) in [6.45, 7) is 1.74. The van der Waals surface area contributed by atoms with E-state index in [1.54, 1.807) is 6.92 Å². The zero-order chi connectivity index (χ0) is 10.1. The number of methoxy groups -OCH3 is 1. The molecule has 0 aromatic carbocycles. The normalized spacial score (nSPS) is 16.4. The van der Waals surface area contributed by atoms with E-state index in [0.29, 0.717) is 23.3 Å². The lowest BCUT2D eigenvalue weighted by Gasteiger charge is -2.21. The molecule has 1 aromatic rings. The Morgan fingerprint density at radius 1 is 1.57 bits per heavy atom. The van der Waals surface area contributed by atoms with Crippen molar-refractivity contribution in [2.24, 2.45) is 0 Å². The minimum Gasteiger partial charge on any atom is -0.464 e. The molecule has 1 saturated carbocycles. The summed E-state index contributed by atoms with van der Waals surface area (Å²) in [6.07, 6.45) is 3.45. The van der Waals surface area contributed by atoms with Crippen LogP contribution in [0.2, 0.25) is 0 Å². The van der Waals surface area contributed by atoms with Gasteiger partial charge in [-0.2, -0.15) is 0 Å². The third-order valence-electron chi connectivity index (χ3n) is 2.65. The van der Waals surface area contributed by atoms with Crippen molar-refractivity contribution in [1.29, 1.82) is 0 Å². The molecule has 2 rings (SSSR count). The first-order valence-corrected chi connectivity index (χ1v) is 4.78. The van der Waals surface area contributed by atoms with Crippen molar-refractivity contribution < 1.29 is 13.9 Å². The van der Waals surface area contributed by atoms with Gasteiger partial charge in [0.2, 0.25) is 0 Å². The number of rotatable bonds is 2. The lowest BCUT2D eigenvalue weighted by atomic mass is 9.85. The van der Waals surface area contributed by atoms with Crippen LogP contribution in [0.3, 0.4) is 0 Å². The quantitative estimate of drug-likeness (QED) is 0.677. The number of aryl methyl sites for hydroxylation is 1. The van der Waals surface area contributed by atoms with E-state index in [1.807, 2.05) is 0 Å². The van der Waals surface area contributed by atoms with Crippen molar-refractivity contribution in [3.05, 3.63) is 17.3 Å².